The van der Waals surface area contributed by atoms with Crippen LogP contribution in [0.5, 0.6) is 0 Å². The summed E-state index contributed by atoms with van der Waals surface area (Å²) in [6.45, 7) is 8.50. The van der Waals surface area contributed by atoms with Gasteiger partial charge in [-0.2, -0.15) is 0 Å². The molecule has 0 aromatic heterocycles. The van der Waals surface area contributed by atoms with Gasteiger partial charge in [-0.05, 0) is 51.0 Å². The zero-order valence-electron chi connectivity index (χ0n) is 12.6. The molecule has 2 aromatic carbocycles. The second-order valence-corrected chi connectivity index (χ2v) is 5.58. The van der Waals surface area contributed by atoms with E-state index in [0.29, 0.717) is 0 Å². The van der Waals surface area contributed by atoms with Gasteiger partial charge >= 0.3 is 0 Å². The Kier molecular flexibility index (Phi) is 4.56. The summed E-state index contributed by atoms with van der Waals surface area (Å²) < 4.78 is 12.9. The van der Waals surface area contributed by atoms with E-state index in [4.69, 9.17) is 0 Å². The molecule has 2 unspecified atom stereocenters. The maximum atomic E-state index is 12.9. The number of nitrogens with one attached hydrogen (secondary N) is 1. The van der Waals surface area contributed by atoms with Gasteiger partial charge in [0, 0.05) is 12.1 Å². The van der Waals surface area contributed by atoms with Crippen LogP contribution in [0.15, 0.2) is 42.5 Å². The van der Waals surface area contributed by atoms with Gasteiger partial charge in [0.2, 0.25) is 0 Å². The highest BCUT2D eigenvalue weighted by atomic mass is 19.1. The van der Waals surface area contributed by atoms with Crippen molar-refractivity contribution in [3.05, 3.63) is 70.5 Å². The summed E-state index contributed by atoms with van der Waals surface area (Å²) in [5, 5.41) is 3.56. The van der Waals surface area contributed by atoms with E-state index in [1.807, 2.05) is 12.1 Å². The molecule has 1 nitrogen and oxygen atoms in total. The monoisotopic (exact) mass is 271 g/mol. The predicted octanol–water partition coefficient (Wildman–Crippen LogP) is 4.85. The summed E-state index contributed by atoms with van der Waals surface area (Å²) in [7, 11) is 0. The molecule has 0 bridgehead atoms. The molecule has 2 heteroatoms. The highest BCUT2D eigenvalue weighted by molar-refractivity contribution is 5.30. The summed E-state index contributed by atoms with van der Waals surface area (Å²) in [5.41, 5.74) is 4.95. The van der Waals surface area contributed by atoms with E-state index in [-0.39, 0.29) is 17.9 Å². The minimum absolute atomic E-state index is 0.186. The van der Waals surface area contributed by atoms with Crippen LogP contribution in [-0.2, 0) is 0 Å². The molecule has 0 aliphatic heterocycles. The Morgan fingerprint density at radius 2 is 1.30 bits per heavy atom. The molecular formula is C18H22FN. The van der Waals surface area contributed by atoms with E-state index in [1.54, 1.807) is 0 Å². The van der Waals surface area contributed by atoms with Crippen molar-refractivity contribution in [2.75, 3.05) is 0 Å². The van der Waals surface area contributed by atoms with Crippen molar-refractivity contribution in [3.8, 4) is 0 Å². The minimum Gasteiger partial charge on any atom is -0.304 e. The van der Waals surface area contributed by atoms with E-state index < -0.39 is 0 Å². The highest BCUT2D eigenvalue weighted by Crippen LogP contribution is 2.21. The molecule has 0 spiro atoms. The van der Waals surface area contributed by atoms with Gasteiger partial charge in [0.1, 0.15) is 5.82 Å². The Labute approximate surface area is 120 Å². The second-order valence-electron chi connectivity index (χ2n) is 5.58. The van der Waals surface area contributed by atoms with Crippen LogP contribution in [0.25, 0.3) is 0 Å². The van der Waals surface area contributed by atoms with Gasteiger partial charge in [-0.3, -0.25) is 0 Å². The number of aryl methyl sites for hydroxylation is 2. The molecular weight excluding hydrogens is 249 g/mol. The van der Waals surface area contributed by atoms with E-state index in [9.17, 15) is 4.39 Å². The third kappa shape index (κ3) is 3.67. The Bertz CT molecular complexity index is 554. The van der Waals surface area contributed by atoms with Gasteiger partial charge in [0.15, 0.2) is 0 Å². The molecule has 0 radical (unpaired) electrons. The Balaban J connectivity index is 2.10. The molecule has 0 fully saturated rings. The summed E-state index contributed by atoms with van der Waals surface area (Å²) in [4.78, 5) is 0. The summed E-state index contributed by atoms with van der Waals surface area (Å²) in [5.74, 6) is -0.191. The minimum atomic E-state index is -0.191. The standard InChI is InChI=1S/C18H22FN/c1-12-9-13(2)11-17(10-12)15(4)20-14(3)16-5-7-18(19)8-6-16/h5-11,14-15,20H,1-4H3. The van der Waals surface area contributed by atoms with Crippen LogP contribution >= 0.6 is 0 Å². The number of hydrogen-bond donors (Lipinski definition) is 1. The summed E-state index contributed by atoms with van der Waals surface area (Å²) >= 11 is 0. The van der Waals surface area contributed by atoms with Crippen molar-refractivity contribution in [1.82, 2.24) is 5.32 Å². The Morgan fingerprint density at radius 3 is 1.85 bits per heavy atom. The fourth-order valence-corrected chi connectivity index (χ4v) is 2.58. The van der Waals surface area contributed by atoms with Gasteiger partial charge < -0.3 is 5.32 Å². The second kappa shape index (κ2) is 6.19. The summed E-state index contributed by atoms with van der Waals surface area (Å²) in [6, 6.07) is 13.7. The first kappa shape index (κ1) is 14.7. The van der Waals surface area contributed by atoms with Gasteiger partial charge in [-0.15, -0.1) is 0 Å². The molecule has 20 heavy (non-hydrogen) atoms. The van der Waals surface area contributed by atoms with Crippen LogP contribution in [0.4, 0.5) is 4.39 Å². The molecule has 0 heterocycles. The van der Waals surface area contributed by atoms with E-state index in [2.05, 4.69) is 51.2 Å². The van der Waals surface area contributed by atoms with Gasteiger partial charge in [-0.25, -0.2) is 4.39 Å². The van der Waals surface area contributed by atoms with Crippen LogP contribution in [0.3, 0.4) is 0 Å². The third-order valence-electron chi connectivity index (χ3n) is 3.61. The maximum absolute atomic E-state index is 12.9. The zero-order valence-corrected chi connectivity index (χ0v) is 12.6. The van der Waals surface area contributed by atoms with Crippen molar-refractivity contribution in [2.24, 2.45) is 0 Å². The van der Waals surface area contributed by atoms with Crippen molar-refractivity contribution in [2.45, 2.75) is 39.8 Å². The first-order valence-corrected chi connectivity index (χ1v) is 7.05. The van der Waals surface area contributed by atoms with E-state index in [0.717, 1.165) is 5.56 Å². The van der Waals surface area contributed by atoms with Crippen molar-refractivity contribution >= 4 is 0 Å². The quantitative estimate of drug-likeness (QED) is 0.837. The molecule has 2 atom stereocenters. The average molecular weight is 271 g/mol. The number of benzene rings is 2. The normalized spacial score (nSPS) is 14.1. The van der Waals surface area contributed by atoms with Crippen LogP contribution in [-0.4, -0.2) is 0 Å². The molecule has 1 N–H and O–H groups in total. The lowest BCUT2D eigenvalue weighted by atomic mass is 10.0. The molecule has 0 amide bonds. The lowest BCUT2D eigenvalue weighted by molar-refractivity contribution is 0.493. The topological polar surface area (TPSA) is 12.0 Å². The van der Waals surface area contributed by atoms with Gasteiger partial charge in [-0.1, -0.05) is 41.5 Å². The lowest BCUT2D eigenvalue weighted by Gasteiger charge is -2.21. The number of halogens is 1. The maximum Gasteiger partial charge on any atom is 0.123 e. The van der Waals surface area contributed by atoms with Crippen LogP contribution < -0.4 is 5.32 Å². The van der Waals surface area contributed by atoms with Crippen molar-refractivity contribution in [3.63, 3.8) is 0 Å². The molecule has 0 saturated carbocycles. The van der Waals surface area contributed by atoms with Crippen molar-refractivity contribution < 1.29 is 4.39 Å². The Morgan fingerprint density at radius 1 is 0.800 bits per heavy atom. The van der Waals surface area contributed by atoms with Crippen LogP contribution in [0, 0.1) is 19.7 Å². The Hall–Kier alpha value is -1.67. The fraction of sp³-hybridized carbons (Fsp3) is 0.333. The molecule has 2 aromatic rings. The first-order chi connectivity index (χ1) is 9.45. The van der Waals surface area contributed by atoms with Crippen molar-refractivity contribution in [1.29, 1.82) is 0 Å². The van der Waals surface area contributed by atoms with Crippen LogP contribution in [0.1, 0.15) is 48.2 Å². The first-order valence-electron chi connectivity index (χ1n) is 7.05. The molecule has 2 rings (SSSR count). The third-order valence-corrected chi connectivity index (χ3v) is 3.61. The number of rotatable bonds is 4. The van der Waals surface area contributed by atoms with E-state index in [1.165, 1.54) is 28.8 Å². The SMILES string of the molecule is Cc1cc(C)cc(C(C)NC(C)c2ccc(F)cc2)c1. The average Bonchev–Trinajstić information content (AvgIpc) is 2.38. The molecule has 106 valence electrons. The van der Waals surface area contributed by atoms with Gasteiger partial charge in [0.05, 0.1) is 0 Å². The predicted molar refractivity (Wildman–Crippen MR) is 82.3 cm³/mol. The largest absolute Gasteiger partial charge is 0.304 e. The zero-order chi connectivity index (χ0) is 14.7. The molecule has 0 saturated heterocycles. The molecule has 0 aliphatic rings. The molecule has 0 aliphatic carbocycles. The smallest absolute Gasteiger partial charge is 0.123 e. The highest BCUT2D eigenvalue weighted by Gasteiger charge is 2.11. The lowest BCUT2D eigenvalue weighted by Crippen LogP contribution is -2.22. The van der Waals surface area contributed by atoms with E-state index >= 15 is 0 Å². The van der Waals surface area contributed by atoms with Gasteiger partial charge in [0.25, 0.3) is 0 Å². The fourth-order valence-electron chi connectivity index (χ4n) is 2.58. The van der Waals surface area contributed by atoms with Crippen LogP contribution in [0.2, 0.25) is 0 Å². The number of hydrogen-bond acceptors (Lipinski definition) is 1. The summed E-state index contributed by atoms with van der Waals surface area (Å²) in [6.07, 6.45) is 0.